The first-order valence-corrected chi connectivity index (χ1v) is 8.90. The summed E-state index contributed by atoms with van der Waals surface area (Å²) in [5.41, 5.74) is 4.00. The summed E-state index contributed by atoms with van der Waals surface area (Å²) >= 11 is 3.38. The Labute approximate surface area is 150 Å². The molecule has 2 aromatic rings. The zero-order valence-corrected chi connectivity index (χ0v) is 15.3. The maximum absolute atomic E-state index is 12.4. The summed E-state index contributed by atoms with van der Waals surface area (Å²) in [6, 6.07) is 13.5. The van der Waals surface area contributed by atoms with Crippen LogP contribution >= 0.6 is 15.9 Å². The highest BCUT2D eigenvalue weighted by molar-refractivity contribution is 9.10. The number of amides is 1. The van der Waals surface area contributed by atoms with Gasteiger partial charge in [0.2, 0.25) is 0 Å². The molecule has 1 aliphatic rings. The Hall–Kier alpha value is -1.85. The molecule has 1 aliphatic heterocycles. The highest BCUT2D eigenvalue weighted by atomic mass is 79.9. The Morgan fingerprint density at radius 2 is 2.04 bits per heavy atom. The number of carbonyl (C=O) groups is 1. The number of methoxy groups -OCH3 is 1. The van der Waals surface area contributed by atoms with Crippen LogP contribution in [0.3, 0.4) is 0 Å². The topological polar surface area (TPSA) is 41.6 Å². The number of ether oxygens (including phenoxy) is 1. The number of aryl methyl sites for hydroxylation is 1. The van der Waals surface area contributed by atoms with E-state index >= 15 is 0 Å². The predicted molar refractivity (Wildman–Crippen MR) is 101 cm³/mol. The predicted octanol–water partition coefficient (Wildman–Crippen LogP) is 4.10. The Morgan fingerprint density at radius 1 is 1.25 bits per heavy atom. The monoisotopic (exact) mass is 388 g/mol. The summed E-state index contributed by atoms with van der Waals surface area (Å²) in [6.45, 7) is 2.60. The van der Waals surface area contributed by atoms with Crippen LogP contribution in [0.15, 0.2) is 46.9 Å². The van der Waals surface area contributed by atoms with Gasteiger partial charge in [-0.05, 0) is 54.8 Å². The Morgan fingerprint density at radius 3 is 2.79 bits per heavy atom. The highest BCUT2D eigenvalue weighted by Gasteiger charge is 2.17. The van der Waals surface area contributed by atoms with Crippen LogP contribution in [-0.2, 0) is 11.2 Å². The van der Waals surface area contributed by atoms with Gasteiger partial charge in [-0.1, -0.05) is 22.0 Å². The third-order valence-corrected chi connectivity index (χ3v) is 4.76. The molecule has 0 bridgehead atoms. The summed E-state index contributed by atoms with van der Waals surface area (Å²) < 4.78 is 6.17. The van der Waals surface area contributed by atoms with Gasteiger partial charge in [0.05, 0.1) is 6.61 Å². The molecule has 24 heavy (non-hydrogen) atoms. The van der Waals surface area contributed by atoms with E-state index in [-0.39, 0.29) is 5.91 Å². The van der Waals surface area contributed by atoms with Gasteiger partial charge in [0.25, 0.3) is 5.91 Å². The van der Waals surface area contributed by atoms with E-state index in [0.717, 1.165) is 36.1 Å². The van der Waals surface area contributed by atoms with Crippen molar-refractivity contribution in [3.05, 3.63) is 58.1 Å². The first kappa shape index (κ1) is 17.0. The van der Waals surface area contributed by atoms with Crippen molar-refractivity contribution in [2.45, 2.75) is 12.8 Å². The number of carbonyl (C=O) groups excluding carboxylic acids is 1. The quantitative estimate of drug-likeness (QED) is 0.837. The molecule has 3 rings (SSSR count). The number of nitrogens with one attached hydrogen (secondary N) is 1. The second kappa shape index (κ2) is 7.81. The fraction of sp³-hybridized carbons (Fsp3) is 0.316. The molecule has 0 radical (unpaired) electrons. The van der Waals surface area contributed by atoms with E-state index in [1.165, 1.54) is 11.3 Å². The molecule has 0 saturated heterocycles. The van der Waals surface area contributed by atoms with Crippen LogP contribution in [0.4, 0.5) is 11.4 Å². The van der Waals surface area contributed by atoms with Crippen LogP contribution in [0.2, 0.25) is 0 Å². The second-order valence-corrected chi connectivity index (χ2v) is 6.80. The van der Waals surface area contributed by atoms with Crippen LogP contribution in [0.5, 0.6) is 0 Å². The molecule has 2 aromatic carbocycles. The third kappa shape index (κ3) is 3.97. The normalized spacial score (nSPS) is 13.5. The molecule has 5 heteroatoms. The van der Waals surface area contributed by atoms with Gasteiger partial charge >= 0.3 is 0 Å². The number of halogens is 1. The summed E-state index contributed by atoms with van der Waals surface area (Å²) in [5.74, 6) is -0.0956. The van der Waals surface area contributed by atoms with E-state index < -0.39 is 0 Å². The van der Waals surface area contributed by atoms with Crippen LogP contribution in [0.1, 0.15) is 22.3 Å². The molecule has 0 aliphatic carbocycles. The smallest absolute Gasteiger partial charge is 0.255 e. The summed E-state index contributed by atoms with van der Waals surface area (Å²) in [5, 5.41) is 2.99. The number of nitrogens with zero attached hydrogens (tertiary/aromatic N) is 1. The fourth-order valence-electron chi connectivity index (χ4n) is 2.97. The lowest BCUT2D eigenvalue weighted by molar-refractivity contribution is 0.102. The zero-order valence-electron chi connectivity index (χ0n) is 13.7. The SMILES string of the molecule is COCCN1CCCc2ccc(NC(=O)c3ccc(Br)cc3)cc21. The van der Waals surface area contributed by atoms with Gasteiger partial charge in [-0.15, -0.1) is 0 Å². The Bertz CT molecular complexity index is 716. The second-order valence-electron chi connectivity index (χ2n) is 5.89. The first-order valence-electron chi connectivity index (χ1n) is 8.11. The summed E-state index contributed by atoms with van der Waals surface area (Å²) in [4.78, 5) is 14.7. The van der Waals surface area contributed by atoms with E-state index in [2.05, 4.69) is 38.3 Å². The van der Waals surface area contributed by atoms with E-state index in [9.17, 15) is 4.79 Å². The standard InChI is InChI=1S/C19H21BrN2O2/c1-24-12-11-22-10-2-3-14-6-9-17(13-18(14)22)21-19(23)15-4-7-16(20)8-5-15/h4-9,13H,2-3,10-12H2,1H3,(H,21,23). The minimum atomic E-state index is -0.0956. The first-order chi connectivity index (χ1) is 11.7. The molecule has 1 heterocycles. The number of hydrogen-bond acceptors (Lipinski definition) is 3. The van der Waals surface area contributed by atoms with Crippen LogP contribution in [0.25, 0.3) is 0 Å². The number of fused-ring (bicyclic) bond motifs is 1. The number of anilines is 2. The highest BCUT2D eigenvalue weighted by Crippen LogP contribution is 2.30. The van der Waals surface area contributed by atoms with Crippen LogP contribution in [-0.4, -0.2) is 32.7 Å². The lowest BCUT2D eigenvalue weighted by atomic mass is 10.0. The molecule has 1 N–H and O–H groups in total. The van der Waals surface area contributed by atoms with Crippen molar-refractivity contribution in [1.82, 2.24) is 0 Å². The molecule has 4 nitrogen and oxygen atoms in total. The van der Waals surface area contributed by atoms with Crippen molar-refractivity contribution in [2.24, 2.45) is 0 Å². The molecule has 0 fully saturated rings. The minimum absolute atomic E-state index is 0.0956. The van der Waals surface area contributed by atoms with Crippen molar-refractivity contribution >= 4 is 33.2 Å². The number of benzene rings is 2. The zero-order chi connectivity index (χ0) is 16.9. The van der Waals surface area contributed by atoms with Crippen molar-refractivity contribution < 1.29 is 9.53 Å². The maximum atomic E-state index is 12.4. The molecule has 0 saturated carbocycles. The van der Waals surface area contributed by atoms with Gasteiger partial charge in [-0.2, -0.15) is 0 Å². The largest absolute Gasteiger partial charge is 0.383 e. The summed E-state index contributed by atoms with van der Waals surface area (Å²) in [6.07, 6.45) is 2.24. The lowest BCUT2D eigenvalue weighted by Crippen LogP contribution is -2.32. The fourth-order valence-corrected chi connectivity index (χ4v) is 3.23. The molecular weight excluding hydrogens is 368 g/mol. The van der Waals surface area contributed by atoms with Gasteiger partial charge in [0.15, 0.2) is 0 Å². The molecule has 1 amide bonds. The molecular formula is C19H21BrN2O2. The molecule has 126 valence electrons. The van der Waals surface area contributed by atoms with E-state index in [1.54, 1.807) is 7.11 Å². The van der Waals surface area contributed by atoms with E-state index in [4.69, 9.17) is 4.74 Å². The van der Waals surface area contributed by atoms with Gasteiger partial charge in [0, 0.05) is 41.6 Å². The van der Waals surface area contributed by atoms with Crippen molar-refractivity contribution in [3.63, 3.8) is 0 Å². The molecule has 0 unspecified atom stereocenters. The van der Waals surface area contributed by atoms with Gasteiger partial charge in [-0.25, -0.2) is 0 Å². The molecule has 0 spiro atoms. The molecule has 0 atom stereocenters. The lowest BCUT2D eigenvalue weighted by Gasteiger charge is -2.31. The Balaban J connectivity index is 1.77. The van der Waals surface area contributed by atoms with Crippen LogP contribution in [0, 0.1) is 0 Å². The van der Waals surface area contributed by atoms with E-state index in [0.29, 0.717) is 12.2 Å². The summed E-state index contributed by atoms with van der Waals surface area (Å²) in [7, 11) is 1.72. The van der Waals surface area contributed by atoms with Crippen molar-refractivity contribution in [3.8, 4) is 0 Å². The average Bonchev–Trinajstić information content (AvgIpc) is 2.60. The Kier molecular flexibility index (Phi) is 5.53. The van der Waals surface area contributed by atoms with Gasteiger partial charge < -0.3 is 15.0 Å². The van der Waals surface area contributed by atoms with E-state index in [1.807, 2.05) is 30.3 Å². The van der Waals surface area contributed by atoms with Crippen molar-refractivity contribution in [2.75, 3.05) is 37.0 Å². The minimum Gasteiger partial charge on any atom is -0.383 e. The third-order valence-electron chi connectivity index (χ3n) is 4.23. The van der Waals surface area contributed by atoms with Gasteiger partial charge in [0.1, 0.15) is 0 Å². The van der Waals surface area contributed by atoms with Crippen LogP contribution < -0.4 is 10.2 Å². The number of hydrogen-bond donors (Lipinski definition) is 1. The maximum Gasteiger partial charge on any atom is 0.255 e. The van der Waals surface area contributed by atoms with Crippen molar-refractivity contribution in [1.29, 1.82) is 0 Å². The van der Waals surface area contributed by atoms with Gasteiger partial charge in [-0.3, -0.25) is 4.79 Å². The molecule has 0 aromatic heterocycles. The average molecular weight is 389 g/mol. The number of rotatable bonds is 5.